The van der Waals surface area contributed by atoms with Crippen molar-refractivity contribution < 1.29 is 9.50 Å². The number of hydrogen-bond acceptors (Lipinski definition) is 3. The summed E-state index contributed by atoms with van der Waals surface area (Å²) in [5.41, 5.74) is 0.896. The van der Waals surface area contributed by atoms with Gasteiger partial charge in [0.25, 0.3) is 0 Å². The third-order valence-electron chi connectivity index (χ3n) is 3.35. The molecule has 0 aliphatic heterocycles. The molecule has 0 aromatic heterocycles. The molecule has 90 valence electrons. The Bertz CT molecular complexity index is 449. The van der Waals surface area contributed by atoms with Crippen molar-refractivity contribution in [1.29, 1.82) is 5.26 Å². The van der Waals surface area contributed by atoms with Crippen molar-refractivity contribution >= 4 is 5.69 Å². The Hall–Kier alpha value is -1.60. The Morgan fingerprint density at radius 2 is 2.24 bits per heavy atom. The zero-order valence-electron chi connectivity index (χ0n) is 9.54. The molecule has 0 atom stereocenters. The lowest BCUT2D eigenvalue weighted by Crippen LogP contribution is -2.17. The maximum Gasteiger partial charge on any atom is 0.147 e. The Kier molecular flexibility index (Phi) is 3.30. The van der Waals surface area contributed by atoms with Gasteiger partial charge in [-0.05, 0) is 42.9 Å². The lowest BCUT2D eigenvalue weighted by Gasteiger charge is -2.15. The summed E-state index contributed by atoms with van der Waals surface area (Å²) in [5, 5.41) is 20.6. The van der Waals surface area contributed by atoms with Crippen LogP contribution in [0.5, 0.6) is 0 Å². The Labute approximate surface area is 99.9 Å². The molecule has 1 aliphatic carbocycles. The van der Waals surface area contributed by atoms with Crippen LogP contribution in [0.2, 0.25) is 0 Å². The molecule has 0 radical (unpaired) electrons. The van der Waals surface area contributed by atoms with Crippen molar-refractivity contribution in [1.82, 2.24) is 0 Å². The van der Waals surface area contributed by atoms with Crippen molar-refractivity contribution in [2.24, 2.45) is 5.41 Å². The molecule has 0 heterocycles. The van der Waals surface area contributed by atoms with Crippen LogP contribution in [-0.2, 0) is 0 Å². The van der Waals surface area contributed by atoms with Gasteiger partial charge in [0.2, 0.25) is 0 Å². The van der Waals surface area contributed by atoms with Crippen LogP contribution in [0.15, 0.2) is 18.2 Å². The third-order valence-corrected chi connectivity index (χ3v) is 3.35. The first-order valence-electron chi connectivity index (χ1n) is 5.73. The highest BCUT2D eigenvalue weighted by atomic mass is 19.1. The largest absolute Gasteiger partial charge is 0.396 e. The van der Waals surface area contributed by atoms with Crippen molar-refractivity contribution in [3.63, 3.8) is 0 Å². The zero-order chi connectivity index (χ0) is 12.3. The minimum atomic E-state index is -0.399. The SMILES string of the molecule is N#Cc1ccc(NCC2(CCO)CC2)c(F)c1. The van der Waals surface area contributed by atoms with Crippen LogP contribution in [0.1, 0.15) is 24.8 Å². The van der Waals surface area contributed by atoms with Crippen molar-refractivity contribution in [3.05, 3.63) is 29.6 Å². The van der Waals surface area contributed by atoms with E-state index in [2.05, 4.69) is 5.32 Å². The molecule has 0 unspecified atom stereocenters. The summed E-state index contributed by atoms with van der Waals surface area (Å²) in [6.45, 7) is 0.855. The number of nitrogens with one attached hydrogen (secondary N) is 1. The van der Waals surface area contributed by atoms with E-state index >= 15 is 0 Å². The fourth-order valence-corrected chi connectivity index (χ4v) is 1.94. The van der Waals surface area contributed by atoms with Crippen LogP contribution in [-0.4, -0.2) is 18.3 Å². The van der Waals surface area contributed by atoms with Gasteiger partial charge in [0.15, 0.2) is 0 Å². The average molecular weight is 234 g/mol. The number of anilines is 1. The van der Waals surface area contributed by atoms with E-state index in [0.717, 1.165) is 19.3 Å². The van der Waals surface area contributed by atoms with Gasteiger partial charge in [-0.15, -0.1) is 0 Å². The molecule has 1 fully saturated rings. The van der Waals surface area contributed by atoms with Crippen LogP contribution >= 0.6 is 0 Å². The first-order valence-corrected chi connectivity index (χ1v) is 5.73. The average Bonchev–Trinajstić information content (AvgIpc) is 3.08. The van der Waals surface area contributed by atoms with Gasteiger partial charge in [0.1, 0.15) is 5.82 Å². The molecule has 2 N–H and O–H groups in total. The molecular formula is C13H15FN2O. The number of halogens is 1. The van der Waals surface area contributed by atoms with Gasteiger partial charge in [-0.1, -0.05) is 0 Å². The minimum absolute atomic E-state index is 0.148. The molecule has 1 saturated carbocycles. The van der Waals surface area contributed by atoms with E-state index in [4.69, 9.17) is 10.4 Å². The first kappa shape index (κ1) is 11.9. The van der Waals surface area contributed by atoms with Crippen LogP contribution in [0.25, 0.3) is 0 Å². The van der Waals surface area contributed by atoms with E-state index in [1.807, 2.05) is 6.07 Å². The Morgan fingerprint density at radius 1 is 1.47 bits per heavy atom. The quantitative estimate of drug-likeness (QED) is 0.821. The van der Waals surface area contributed by atoms with Gasteiger partial charge in [-0.3, -0.25) is 0 Å². The lowest BCUT2D eigenvalue weighted by atomic mass is 10.0. The number of hydrogen-bond donors (Lipinski definition) is 2. The van der Waals surface area contributed by atoms with Gasteiger partial charge in [0, 0.05) is 13.2 Å². The normalized spacial score (nSPS) is 16.3. The lowest BCUT2D eigenvalue weighted by molar-refractivity contribution is 0.253. The highest BCUT2D eigenvalue weighted by molar-refractivity contribution is 5.49. The monoisotopic (exact) mass is 234 g/mol. The molecule has 1 aromatic carbocycles. The molecule has 4 heteroatoms. The van der Waals surface area contributed by atoms with Crippen molar-refractivity contribution in [3.8, 4) is 6.07 Å². The molecule has 3 nitrogen and oxygen atoms in total. The smallest absolute Gasteiger partial charge is 0.147 e. The van der Waals surface area contributed by atoms with E-state index in [-0.39, 0.29) is 12.0 Å². The van der Waals surface area contributed by atoms with Gasteiger partial charge in [-0.2, -0.15) is 5.26 Å². The van der Waals surface area contributed by atoms with E-state index in [9.17, 15) is 4.39 Å². The minimum Gasteiger partial charge on any atom is -0.396 e. The third kappa shape index (κ3) is 2.75. The summed E-state index contributed by atoms with van der Waals surface area (Å²) >= 11 is 0. The summed E-state index contributed by atoms with van der Waals surface area (Å²) in [5.74, 6) is -0.399. The molecule has 2 rings (SSSR count). The van der Waals surface area contributed by atoms with Crippen LogP contribution in [0.3, 0.4) is 0 Å². The van der Waals surface area contributed by atoms with Gasteiger partial charge in [0.05, 0.1) is 17.3 Å². The highest BCUT2D eigenvalue weighted by Crippen LogP contribution is 2.48. The fourth-order valence-electron chi connectivity index (χ4n) is 1.94. The summed E-state index contributed by atoms with van der Waals surface area (Å²) < 4.78 is 13.6. The number of nitriles is 1. The van der Waals surface area contributed by atoms with Gasteiger partial charge < -0.3 is 10.4 Å². The van der Waals surface area contributed by atoms with Gasteiger partial charge in [-0.25, -0.2) is 4.39 Å². The zero-order valence-corrected chi connectivity index (χ0v) is 9.54. The molecule has 1 aliphatic rings. The number of nitrogens with zero attached hydrogens (tertiary/aromatic N) is 1. The maximum atomic E-state index is 13.6. The fraction of sp³-hybridized carbons (Fsp3) is 0.462. The van der Waals surface area contributed by atoms with Crippen molar-refractivity contribution in [2.45, 2.75) is 19.3 Å². The maximum absolute atomic E-state index is 13.6. The second-order valence-electron chi connectivity index (χ2n) is 4.63. The van der Waals surface area contributed by atoms with Crippen LogP contribution in [0, 0.1) is 22.6 Å². The predicted octanol–water partition coefficient (Wildman–Crippen LogP) is 2.27. The van der Waals surface area contributed by atoms with E-state index < -0.39 is 5.82 Å². The molecule has 0 saturated heterocycles. The molecule has 0 amide bonds. The molecule has 0 spiro atoms. The van der Waals surface area contributed by atoms with E-state index in [0.29, 0.717) is 17.8 Å². The summed E-state index contributed by atoms with van der Waals surface area (Å²) in [6.07, 6.45) is 2.93. The number of rotatable bonds is 5. The summed E-state index contributed by atoms with van der Waals surface area (Å²) in [4.78, 5) is 0. The van der Waals surface area contributed by atoms with E-state index in [1.54, 1.807) is 12.1 Å². The molecule has 17 heavy (non-hydrogen) atoms. The second kappa shape index (κ2) is 4.72. The van der Waals surface area contributed by atoms with E-state index in [1.165, 1.54) is 6.07 Å². The topological polar surface area (TPSA) is 56.0 Å². The van der Waals surface area contributed by atoms with Crippen LogP contribution < -0.4 is 5.32 Å². The predicted molar refractivity (Wildman–Crippen MR) is 63.0 cm³/mol. The highest BCUT2D eigenvalue weighted by Gasteiger charge is 2.41. The van der Waals surface area contributed by atoms with Crippen molar-refractivity contribution in [2.75, 3.05) is 18.5 Å². The molecular weight excluding hydrogens is 219 g/mol. The van der Waals surface area contributed by atoms with Crippen LogP contribution in [0.4, 0.5) is 10.1 Å². The number of aliphatic hydroxyl groups is 1. The first-order chi connectivity index (χ1) is 8.19. The second-order valence-corrected chi connectivity index (χ2v) is 4.63. The number of benzene rings is 1. The standard InChI is InChI=1S/C13H15FN2O/c14-11-7-10(8-15)1-2-12(11)16-9-13(3-4-13)5-6-17/h1-2,7,16-17H,3-6,9H2. The summed E-state index contributed by atoms with van der Waals surface area (Å²) in [6, 6.07) is 6.31. The molecule has 0 bridgehead atoms. The Balaban J connectivity index is 1.98. The Morgan fingerprint density at radius 3 is 2.76 bits per heavy atom. The number of aliphatic hydroxyl groups excluding tert-OH is 1. The molecule has 1 aromatic rings. The summed E-state index contributed by atoms with van der Waals surface area (Å²) in [7, 11) is 0. The van der Waals surface area contributed by atoms with Gasteiger partial charge >= 0.3 is 0 Å².